The first-order chi connectivity index (χ1) is 9.92. The molecule has 0 saturated carbocycles. The van der Waals surface area contributed by atoms with E-state index in [4.69, 9.17) is 0 Å². The van der Waals surface area contributed by atoms with Crippen molar-refractivity contribution < 1.29 is 8.78 Å². The van der Waals surface area contributed by atoms with Gasteiger partial charge in [0.25, 0.3) is 0 Å². The van der Waals surface area contributed by atoms with Gasteiger partial charge in [-0.1, -0.05) is 38.8 Å². The van der Waals surface area contributed by atoms with Crippen molar-refractivity contribution in [1.82, 2.24) is 5.32 Å². The Labute approximate surface area is 140 Å². The van der Waals surface area contributed by atoms with Crippen LogP contribution in [0.3, 0.4) is 0 Å². The molecule has 0 fully saturated rings. The Kier molecular flexibility index (Phi) is 5.52. The van der Waals surface area contributed by atoms with Crippen molar-refractivity contribution in [2.45, 2.75) is 19.9 Å². The highest BCUT2D eigenvalue weighted by molar-refractivity contribution is 9.11. The predicted octanol–water partition coefficient (Wildman–Crippen LogP) is 5.50. The van der Waals surface area contributed by atoms with Crippen LogP contribution >= 0.6 is 31.9 Å². The lowest BCUT2D eigenvalue weighted by Crippen LogP contribution is -2.23. The highest BCUT2D eigenvalue weighted by Gasteiger charge is 2.19. The van der Waals surface area contributed by atoms with Crippen molar-refractivity contribution in [3.05, 3.63) is 67.6 Å². The van der Waals surface area contributed by atoms with E-state index in [0.29, 0.717) is 17.7 Å². The summed E-state index contributed by atoms with van der Waals surface area (Å²) < 4.78 is 29.8. The van der Waals surface area contributed by atoms with Gasteiger partial charge in [-0.25, -0.2) is 8.78 Å². The summed E-state index contributed by atoms with van der Waals surface area (Å²) in [4.78, 5) is 0. The van der Waals surface area contributed by atoms with Gasteiger partial charge in [0.2, 0.25) is 0 Å². The first-order valence-electron chi connectivity index (χ1n) is 6.57. The van der Waals surface area contributed by atoms with Crippen molar-refractivity contribution in [2.75, 3.05) is 6.54 Å². The summed E-state index contributed by atoms with van der Waals surface area (Å²) in [5.41, 5.74) is 1.48. The molecule has 112 valence electrons. The van der Waals surface area contributed by atoms with Gasteiger partial charge in [0.15, 0.2) is 0 Å². The SMILES string of the molecule is CCNC(c1cc(Br)cc(Br)c1)c1cc(F)c(C)cc1F. The number of nitrogens with one attached hydrogen (secondary N) is 1. The molecule has 0 heterocycles. The maximum absolute atomic E-state index is 14.3. The van der Waals surface area contributed by atoms with E-state index in [9.17, 15) is 8.78 Å². The number of benzene rings is 2. The van der Waals surface area contributed by atoms with Crippen LogP contribution in [0.25, 0.3) is 0 Å². The van der Waals surface area contributed by atoms with Crippen LogP contribution in [0.1, 0.15) is 29.7 Å². The van der Waals surface area contributed by atoms with Gasteiger partial charge in [0.05, 0.1) is 6.04 Å². The third kappa shape index (κ3) is 3.90. The zero-order valence-corrected chi connectivity index (χ0v) is 14.9. The van der Waals surface area contributed by atoms with Crippen LogP contribution in [0.5, 0.6) is 0 Å². The summed E-state index contributed by atoms with van der Waals surface area (Å²) >= 11 is 6.85. The molecule has 5 heteroatoms. The molecule has 1 atom stereocenters. The topological polar surface area (TPSA) is 12.0 Å². The summed E-state index contributed by atoms with van der Waals surface area (Å²) in [6.07, 6.45) is 0. The molecule has 1 N–H and O–H groups in total. The van der Waals surface area contributed by atoms with E-state index in [0.717, 1.165) is 14.5 Å². The number of hydrogen-bond donors (Lipinski definition) is 1. The minimum atomic E-state index is -0.407. The Morgan fingerprint density at radius 3 is 2.19 bits per heavy atom. The Bertz CT molecular complexity index is 639. The Morgan fingerprint density at radius 2 is 1.62 bits per heavy atom. The molecular formula is C16H15Br2F2N. The van der Waals surface area contributed by atoms with Crippen LogP contribution in [0.4, 0.5) is 8.78 Å². The average molecular weight is 419 g/mol. The molecule has 0 saturated heterocycles. The van der Waals surface area contributed by atoms with Crippen molar-refractivity contribution in [1.29, 1.82) is 0 Å². The van der Waals surface area contributed by atoms with Crippen LogP contribution in [-0.4, -0.2) is 6.54 Å². The second kappa shape index (κ2) is 6.99. The van der Waals surface area contributed by atoms with Gasteiger partial charge < -0.3 is 5.32 Å². The van der Waals surface area contributed by atoms with Crippen molar-refractivity contribution in [2.24, 2.45) is 0 Å². The second-order valence-corrected chi connectivity index (χ2v) is 6.65. The molecule has 0 spiro atoms. The number of aryl methyl sites for hydroxylation is 1. The molecule has 2 aromatic carbocycles. The molecule has 0 radical (unpaired) electrons. The van der Waals surface area contributed by atoms with Gasteiger partial charge in [-0.05, 0) is 54.9 Å². The van der Waals surface area contributed by atoms with E-state index in [-0.39, 0.29) is 0 Å². The first kappa shape index (κ1) is 16.6. The molecule has 0 aromatic heterocycles. The molecule has 0 bridgehead atoms. The zero-order chi connectivity index (χ0) is 15.6. The van der Waals surface area contributed by atoms with E-state index in [2.05, 4.69) is 37.2 Å². The molecule has 1 nitrogen and oxygen atoms in total. The van der Waals surface area contributed by atoms with Crippen LogP contribution in [0.2, 0.25) is 0 Å². The van der Waals surface area contributed by atoms with Crippen molar-refractivity contribution in [3.63, 3.8) is 0 Å². The van der Waals surface area contributed by atoms with Gasteiger partial charge >= 0.3 is 0 Å². The smallest absolute Gasteiger partial charge is 0.128 e. The highest BCUT2D eigenvalue weighted by atomic mass is 79.9. The molecule has 2 aromatic rings. The summed E-state index contributed by atoms with van der Waals surface area (Å²) in [5.74, 6) is -0.806. The summed E-state index contributed by atoms with van der Waals surface area (Å²) in [5, 5.41) is 3.21. The third-order valence-electron chi connectivity index (χ3n) is 3.22. The quantitative estimate of drug-likeness (QED) is 0.691. The molecule has 1 unspecified atom stereocenters. The predicted molar refractivity (Wildman–Crippen MR) is 88.5 cm³/mol. The molecule has 2 rings (SSSR count). The normalized spacial score (nSPS) is 12.5. The molecule has 0 amide bonds. The monoisotopic (exact) mass is 417 g/mol. The first-order valence-corrected chi connectivity index (χ1v) is 8.16. The van der Waals surface area contributed by atoms with E-state index in [1.807, 2.05) is 25.1 Å². The minimum Gasteiger partial charge on any atom is -0.306 e. The lowest BCUT2D eigenvalue weighted by Gasteiger charge is -2.21. The summed E-state index contributed by atoms with van der Waals surface area (Å²) in [6, 6.07) is 7.80. The lowest BCUT2D eigenvalue weighted by molar-refractivity contribution is 0.541. The molecule has 0 aliphatic carbocycles. The van der Waals surface area contributed by atoms with Gasteiger partial charge in [-0.2, -0.15) is 0 Å². The van der Waals surface area contributed by atoms with Gasteiger partial charge in [0, 0.05) is 14.5 Å². The minimum absolute atomic E-state index is 0.307. The van der Waals surface area contributed by atoms with Gasteiger partial charge in [0.1, 0.15) is 11.6 Å². The highest BCUT2D eigenvalue weighted by Crippen LogP contribution is 2.30. The number of rotatable bonds is 4. The summed E-state index contributed by atoms with van der Waals surface area (Å²) in [7, 11) is 0. The number of hydrogen-bond acceptors (Lipinski definition) is 1. The largest absolute Gasteiger partial charge is 0.306 e. The fraction of sp³-hybridized carbons (Fsp3) is 0.250. The Hall–Kier alpha value is -0.780. The molecule has 21 heavy (non-hydrogen) atoms. The Balaban J connectivity index is 2.55. The van der Waals surface area contributed by atoms with Crippen LogP contribution in [0, 0.1) is 18.6 Å². The average Bonchev–Trinajstić information content (AvgIpc) is 2.39. The fourth-order valence-electron chi connectivity index (χ4n) is 2.24. The van der Waals surface area contributed by atoms with Crippen LogP contribution in [-0.2, 0) is 0 Å². The second-order valence-electron chi connectivity index (χ2n) is 4.82. The number of halogens is 4. The standard InChI is InChI=1S/C16H15Br2F2N/c1-3-21-16(10-5-11(17)7-12(18)6-10)13-8-14(19)9(2)4-15(13)20/h4-8,16,21H,3H2,1-2H3. The van der Waals surface area contributed by atoms with E-state index in [1.54, 1.807) is 6.92 Å². The van der Waals surface area contributed by atoms with Gasteiger partial charge in [-0.3, -0.25) is 0 Å². The van der Waals surface area contributed by atoms with E-state index >= 15 is 0 Å². The molecule has 0 aliphatic heterocycles. The van der Waals surface area contributed by atoms with E-state index in [1.165, 1.54) is 12.1 Å². The van der Waals surface area contributed by atoms with Crippen LogP contribution in [0.15, 0.2) is 39.3 Å². The lowest BCUT2D eigenvalue weighted by atomic mass is 9.97. The molecular weight excluding hydrogens is 404 g/mol. The maximum atomic E-state index is 14.3. The zero-order valence-electron chi connectivity index (χ0n) is 11.7. The molecule has 0 aliphatic rings. The van der Waals surface area contributed by atoms with E-state index < -0.39 is 17.7 Å². The van der Waals surface area contributed by atoms with Crippen LogP contribution < -0.4 is 5.32 Å². The maximum Gasteiger partial charge on any atom is 0.128 e. The van der Waals surface area contributed by atoms with Crippen molar-refractivity contribution in [3.8, 4) is 0 Å². The Morgan fingerprint density at radius 1 is 1.00 bits per heavy atom. The van der Waals surface area contributed by atoms with Crippen molar-refractivity contribution >= 4 is 31.9 Å². The fourth-order valence-corrected chi connectivity index (χ4v) is 3.57. The third-order valence-corrected chi connectivity index (χ3v) is 4.13. The summed E-state index contributed by atoms with van der Waals surface area (Å²) in [6.45, 7) is 4.13. The van der Waals surface area contributed by atoms with Gasteiger partial charge in [-0.15, -0.1) is 0 Å².